The summed E-state index contributed by atoms with van der Waals surface area (Å²) in [4.78, 5) is 32.2. The molecule has 0 amide bonds. The SMILES string of the molecule is CN(C)c1cc(N(C2CC2)C2CCN(c3nccn(C)c3=O)CC2)ncn1. The molecule has 27 heavy (non-hydrogen) atoms. The van der Waals surface area contributed by atoms with Crippen LogP contribution in [0.1, 0.15) is 25.7 Å². The van der Waals surface area contributed by atoms with E-state index in [1.807, 2.05) is 19.0 Å². The molecule has 2 fully saturated rings. The number of rotatable bonds is 5. The molecule has 2 aromatic rings. The molecule has 2 aliphatic rings. The van der Waals surface area contributed by atoms with Crippen molar-refractivity contribution in [2.75, 3.05) is 41.9 Å². The Morgan fingerprint density at radius 1 is 1.00 bits per heavy atom. The Balaban J connectivity index is 1.51. The molecule has 0 atom stereocenters. The fraction of sp³-hybridized carbons (Fsp3) is 0.579. The van der Waals surface area contributed by atoms with E-state index in [-0.39, 0.29) is 5.56 Å². The maximum atomic E-state index is 12.4. The summed E-state index contributed by atoms with van der Waals surface area (Å²) in [6.07, 6.45) is 9.50. The van der Waals surface area contributed by atoms with Gasteiger partial charge < -0.3 is 19.3 Å². The van der Waals surface area contributed by atoms with Gasteiger partial charge in [0.1, 0.15) is 18.0 Å². The van der Waals surface area contributed by atoms with Crippen LogP contribution in [0.25, 0.3) is 0 Å². The van der Waals surface area contributed by atoms with Crippen molar-refractivity contribution in [2.24, 2.45) is 7.05 Å². The van der Waals surface area contributed by atoms with E-state index in [2.05, 4.69) is 30.8 Å². The number of anilines is 3. The highest BCUT2D eigenvalue weighted by molar-refractivity contribution is 5.52. The van der Waals surface area contributed by atoms with Crippen molar-refractivity contribution in [3.05, 3.63) is 35.1 Å². The molecule has 3 heterocycles. The third kappa shape index (κ3) is 3.61. The Morgan fingerprint density at radius 2 is 1.67 bits per heavy atom. The van der Waals surface area contributed by atoms with Gasteiger partial charge in [0.25, 0.3) is 5.56 Å². The minimum absolute atomic E-state index is 0.0265. The average molecular weight is 369 g/mol. The fourth-order valence-electron chi connectivity index (χ4n) is 3.81. The summed E-state index contributed by atoms with van der Waals surface area (Å²) in [5.41, 5.74) is -0.0265. The van der Waals surface area contributed by atoms with Crippen molar-refractivity contribution in [3.63, 3.8) is 0 Å². The fourth-order valence-corrected chi connectivity index (χ4v) is 3.81. The maximum Gasteiger partial charge on any atom is 0.293 e. The number of aromatic nitrogens is 4. The van der Waals surface area contributed by atoms with Crippen molar-refractivity contribution in [2.45, 2.75) is 37.8 Å². The zero-order chi connectivity index (χ0) is 19.0. The van der Waals surface area contributed by atoms with E-state index >= 15 is 0 Å². The van der Waals surface area contributed by atoms with Gasteiger partial charge in [0.2, 0.25) is 0 Å². The summed E-state index contributed by atoms with van der Waals surface area (Å²) in [7, 11) is 5.77. The van der Waals surface area contributed by atoms with Gasteiger partial charge in [0, 0.05) is 64.8 Å². The second kappa shape index (κ2) is 7.17. The Labute approximate surface area is 159 Å². The summed E-state index contributed by atoms with van der Waals surface area (Å²) in [5, 5.41) is 0. The van der Waals surface area contributed by atoms with Gasteiger partial charge in [0.05, 0.1) is 0 Å². The van der Waals surface area contributed by atoms with Crippen molar-refractivity contribution < 1.29 is 0 Å². The van der Waals surface area contributed by atoms with Gasteiger partial charge in [-0.3, -0.25) is 4.79 Å². The van der Waals surface area contributed by atoms with Gasteiger partial charge in [-0.2, -0.15) is 0 Å². The highest BCUT2D eigenvalue weighted by Crippen LogP contribution is 2.36. The first-order valence-corrected chi connectivity index (χ1v) is 9.59. The number of nitrogens with zero attached hydrogens (tertiary/aromatic N) is 7. The Bertz CT molecular complexity index is 853. The first kappa shape index (κ1) is 17.8. The molecule has 0 bridgehead atoms. The van der Waals surface area contributed by atoms with Crippen LogP contribution in [0, 0.1) is 0 Å². The van der Waals surface area contributed by atoms with Crippen LogP contribution in [0.4, 0.5) is 17.5 Å². The molecule has 0 aromatic carbocycles. The minimum Gasteiger partial charge on any atom is -0.363 e. The van der Waals surface area contributed by atoms with Crippen LogP contribution in [0.5, 0.6) is 0 Å². The monoisotopic (exact) mass is 369 g/mol. The molecule has 8 heteroatoms. The topological polar surface area (TPSA) is 70.4 Å². The van der Waals surface area contributed by atoms with E-state index in [1.54, 1.807) is 30.3 Å². The number of aryl methyl sites for hydroxylation is 1. The smallest absolute Gasteiger partial charge is 0.293 e. The number of piperidine rings is 1. The van der Waals surface area contributed by atoms with E-state index in [1.165, 1.54) is 12.8 Å². The lowest BCUT2D eigenvalue weighted by Crippen LogP contribution is -2.48. The molecule has 144 valence electrons. The summed E-state index contributed by atoms with van der Waals surface area (Å²) in [6, 6.07) is 3.10. The summed E-state index contributed by atoms with van der Waals surface area (Å²) >= 11 is 0. The van der Waals surface area contributed by atoms with Crippen LogP contribution in [0.15, 0.2) is 29.6 Å². The molecule has 1 saturated carbocycles. The highest BCUT2D eigenvalue weighted by atomic mass is 16.1. The predicted octanol–water partition coefficient (Wildman–Crippen LogP) is 1.27. The van der Waals surface area contributed by atoms with Gasteiger partial charge in [0.15, 0.2) is 5.82 Å². The van der Waals surface area contributed by atoms with Crippen LogP contribution in [-0.2, 0) is 7.05 Å². The molecule has 1 saturated heterocycles. The van der Waals surface area contributed by atoms with Crippen LogP contribution in [0.2, 0.25) is 0 Å². The Kier molecular flexibility index (Phi) is 4.72. The highest BCUT2D eigenvalue weighted by Gasteiger charge is 2.37. The van der Waals surface area contributed by atoms with Crippen molar-refractivity contribution in [1.82, 2.24) is 19.5 Å². The second-order valence-corrected chi connectivity index (χ2v) is 7.65. The molecular weight excluding hydrogens is 342 g/mol. The normalized spacial score (nSPS) is 17.8. The first-order valence-electron chi connectivity index (χ1n) is 9.59. The van der Waals surface area contributed by atoms with E-state index in [0.717, 1.165) is 37.6 Å². The first-order chi connectivity index (χ1) is 13.0. The lowest BCUT2D eigenvalue weighted by molar-refractivity contribution is 0.456. The van der Waals surface area contributed by atoms with Crippen LogP contribution in [-0.4, -0.2) is 58.8 Å². The third-order valence-electron chi connectivity index (χ3n) is 5.46. The van der Waals surface area contributed by atoms with Crippen molar-refractivity contribution in [3.8, 4) is 0 Å². The minimum atomic E-state index is -0.0265. The van der Waals surface area contributed by atoms with E-state index in [0.29, 0.717) is 17.9 Å². The van der Waals surface area contributed by atoms with Gasteiger partial charge in [-0.15, -0.1) is 0 Å². The predicted molar refractivity (Wildman–Crippen MR) is 107 cm³/mol. The quantitative estimate of drug-likeness (QED) is 0.786. The summed E-state index contributed by atoms with van der Waals surface area (Å²) in [5.74, 6) is 2.51. The molecule has 4 rings (SSSR count). The zero-order valence-electron chi connectivity index (χ0n) is 16.2. The maximum absolute atomic E-state index is 12.4. The number of hydrogen-bond donors (Lipinski definition) is 0. The van der Waals surface area contributed by atoms with Crippen LogP contribution < -0.4 is 20.3 Å². The standard InChI is InChI=1S/C19H27N7O/c1-23(2)16-12-17(22-13-21-16)26(14-4-5-14)15-6-9-25(10-7-15)18-19(27)24(3)11-8-20-18/h8,11-15H,4-7,9-10H2,1-3H3. The molecule has 2 aromatic heterocycles. The zero-order valence-corrected chi connectivity index (χ0v) is 16.2. The molecular formula is C19H27N7O. The summed E-state index contributed by atoms with van der Waals surface area (Å²) in [6.45, 7) is 1.68. The van der Waals surface area contributed by atoms with E-state index in [4.69, 9.17) is 0 Å². The Morgan fingerprint density at radius 3 is 2.33 bits per heavy atom. The van der Waals surface area contributed by atoms with E-state index < -0.39 is 0 Å². The van der Waals surface area contributed by atoms with Gasteiger partial charge in [-0.25, -0.2) is 15.0 Å². The number of hydrogen-bond acceptors (Lipinski definition) is 7. The summed E-state index contributed by atoms with van der Waals surface area (Å²) < 4.78 is 1.59. The molecule has 1 aliphatic heterocycles. The van der Waals surface area contributed by atoms with Crippen molar-refractivity contribution >= 4 is 17.5 Å². The lowest BCUT2D eigenvalue weighted by atomic mass is 10.0. The molecule has 1 aliphatic carbocycles. The molecule has 0 unspecified atom stereocenters. The molecule has 0 spiro atoms. The second-order valence-electron chi connectivity index (χ2n) is 7.65. The Hall–Kier alpha value is -2.64. The van der Waals surface area contributed by atoms with E-state index in [9.17, 15) is 4.79 Å². The van der Waals surface area contributed by atoms with Gasteiger partial charge >= 0.3 is 0 Å². The lowest BCUT2D eigenvalue weighted by Gasteiger charge is -2.39. The molecule has 0 radical (unpaired) electrons. The van der Waals surface area contributed by atoms with Gasteiger partial charge in [-0.05, 0) is 25.7 Å². The largest absolute Gasteiger partial charge is 0.363 e. The third-order valence-corrected chi connectivity index (χ3v) is 5.46. The van der Waals surface area contributed by atoms with Crippen molar-refractivity contribution in [1.29, 1.82) is 0 Å². The van der Waals surface area contributed by atoms with Gasteiger partial charge in [-0.1, -0.05) is 0 Å². The average Bonchev–Trinajstić information content (AvgIpc) is 3.50. The molecule has 8 nitrogen and oxygen atoms in total. The van der Waals surface area contributed by atoms with Crippen LogP contribution in [0.3, 0.4) is 0 Å². The molecule has 0 N–H and O–H groups in total. The van der Waals surface area contributed by atoms with Crippen LogP contribution >= 0.6 is 0 Å².